The summed E-state index contributed by atoms with van der Waals surface area (Å²) >= 11 is 0. The summed E-state index contributed by atoms with van der Waals surface area (Å²) in [5.74, 6) is -1.01. The molecule has 24 heavy (non-hydrogen) atoms. The maximum Gasteiger partial charge on any atom is 0.315 e. The van der Waals surface area contributed by atoms with Crippen molar-refractivity contribution in [2.24, 2.45) is 0 Å². The molecule has 0 radical (unpaired) electrons. The number of hydrogen-bond acceptors (Lipinski definition) is 2. The third kappa shape index (κ3) is 4.66. The number of benzene rings is 1. The third-order valence-electron chi connectivity index (χ3n) is 4.09. The lowest BCUT2D eigenvalue weighted by atomic mass is 10.0. The molecule has 1 saturated heterocycles. The van der Waals surface area contributed by atoms with Crippen molar-refractivity contribution < 1.29 is 18.4 Å². The van der Waals surface area contributed by atoms with Gasteiger partial charge in [-0.25, -0.2) is 13.6 Å². The predicted molar refractivity (Wildman–Crippen MR) is 86.3 cm³/mol. The van der Waals surface area contributed by atoms with Gasteiger partial charge >= 0.3 is 6.03 Å². The molecule has 1 aliphatic rings. The second-order valence-corrected chi connectivity index (χ2v) is 6.09. The standard InChI is InChI=1S/C17H23F2N3O2/c1-3-15(13-9-12(18)6-7-14(13)19)21-17(24)20-11(2)10-22-8-4-5-16(22)23/h6-7,9,11,15H,3-5,8,10H2,1-2H3,(H2,20,21,24)/t11-,15+/m0/s1. The Kier molecular flexibility index (Phi) is 6.11. The number of carbonyl (C=O) groups is 2. The van der Waals surface area contributed by atoms with Crippen LogP contribution >= 0.6 is 0 Å². The molecule has 0 aromatic heterocycles. The van der Waals surface area contributed by atoms with Crippen molar-refractivity contribution in [1.82, 2.24) is 15.5 Å². The molecule has 2 atom stereocenters. The fourth-order valence-electron chi connectivity index (χ4n) is 2.88. The Morgan fingerprint density at radius 1 is 1.33 bits per heavy atom. The van der Waals surface area contributed by atoms with Crippen LogP contribution < -0.4 is 10.6 Å². The Morgan fingerprint density at radius 2 is 2.08 bits per heavy atom. The number of likely N-dealkylation sites (tertiary alicyclic amines) is 1. The highest BCUT2D eigenvalue weighted by molar-refractivity contribution is 5.78. The lowest BCUT2D eigenvalue weighted by Crippen LogP contribution is -2.47. The number of carbonyl (C=O) groups excluding carboxylic acids is 2. The molecule has 1 aromatic carbocycles. The van der Waals surface area contributed by atoms with Crippen LogP contribution in [0.2, 0.25) is 0 Å². The van der Waals surface area contributed by atoms with Crippen molar-refractivity contribution in [2.75, 3.05) is 13.1 Å². The predicted octanol–water partition coefficient (Wildman–Crippen LogP) is 2.73. The number of amides is 3. The van der Waals surface area contributed by atoms with Crippen molar-refractivity contribution in [3.05, 3.63) is 35.4 Å². The van der Waals surface area contributed by atoms with Crippen molar-refractivity contribution >= 4 is 11.9 Å². The summed E-state index contributed by atoms with van der Waals surface area (Å²) < 4.78 is 27.2. The van der Waals surface area contributed by atoms with Gasteiger partial charge in [-0.3, -0.25) is 4.79 Å². The molecular weight excluding hydrogens is 316 g/mol. The SMILES string of the molecule is CC[C@@H](NC(=O)N[C@@H](C)CN1CCCC1=O)c1cc(F)ccc1F. The molecule has 0 bridgehead atoms. The van der Waals surface area contributed by atoms with Gasteiger partial charge in [-0.1, -0.05) is 6.92 Å². The molecule has 0 aliphatic carbocycles. The zero-order valence-electron chi connectivity index (χ0n) is 13.9. The monoisotopic (exact) mass is 339 g/mol. The quantitative estimate of drug-likeness (QED) is 0.837. The van der Waals surface area contributed by atoms with Gasteiger partial charge in [-0.05, 0) is 38.0 Å². The lowest BCUT2D eigenvalue weighted by molar-refractivity contribution is -0.127. The topological polar surface area (TPSA) is 61.4 Å². The van der Waals surface area contributed by atoms with E-state index in [1.54, 1.807) is 18.7 Å². The Morgan fingerprint density at radius 3 is 2.71 bits per heavy atom. The average molecular weight is 339 g/mol. The van der Waals surface area contributed by atoms with Crippen LogP contribution in [0.4, 0.5) is 13.6 Å². The van der Waals surface area contributed by atoms with Crippen LogP contribution in [0.15, 0.2) is 18.2 Å². The number of nitrogens with zero attached hydrogens (tertiary/aromatic N) is 1. The van der Waals surface area contributed by atoms with E-state index in [1.165, 1.54) is 0 Å². The molecule has 1 aliphatic heterocycles. The van der Waals surface area contributed by atoms with E-state index in [4.69, 9.17) is 0 Å². The Balaban J connectivity index is 1.91. The van der Waals surface area contributed by atoms with Crippen LogP contribution in [0.1, 0.15) is 44.7 Å². The van der Waals surface area contributed by atoms with Crippen LogP contribution in [0, 0.1) is 11.6 Å². The van der Waals surface area contributed by atoms with E-state index in [0.717, 1.165) is 24.6 Å². The second-order valence-electron chi connectivity index (χ2n) is 6.09. The normalized spacial score (nSPS) is 16.8. The first-order chi connectivity index (χ1) is 11.4. The van der Waals surface area contributed by atoms with E-state index in [-0.39, 0.29) is 17.5 Å². The van der Waals surface area contributed by atoms with Crippen LogP contribution in [0.3, 0.4) is 0 Å². The van der Waals surface area contributed by atoms with E-state index in [9.17, 15) is 18.4 Å². The molecule has 0 spiro atoms. The fourth-order valence-corrected chi connectivity index (χ4v) is 2.88. The smallest absolute Gasteiger partial charge is 0.315 e. The van der Waals surface area contributed by atoms with Crippen LogP contribution in [-0.2, 0) is 4.79 Å². The van der Waals surface area contributed by atoms with Gasteiger partial charge in [0.25, 0.3) is 0 Å². The number of nitrogens with one attached hydrogen (secondary N) is 2. The van der Waals surface area contributed by atoms with E-state index < -0.39 is 23.7 Å². The molecule has 5 nitrogen and oxygen atoms in total. The van der Waals surface area contributed by atoms with Crippen molar-refractivity contribution in [3.8, 4) is 0 Å². The summed E-state index contributed by atoms with van der Waals surface area (Å²) in [4.78, 5) is 25.4. The zero-order chi connectivity index (χ0) is 17.7. The third-order valence-corrected chi connectivity index (χ3v) is 4.09. The summed E-state index contributed by atoms with van der Waals surface area (Å²) in [5, 5.41) is 5.39. The molecule has 0 unspecified atom stereocenters. The summed E-state index contributed by atoms with van der Waals surface area (Å²) in [5.41, 5.74) is 0.120. The van der Waals surface area contributed by atoms with Gasteiger partial charge in [-0.15, -0.1) is 0 Å². The molecule has 132 valence electrons. The summed E-state index contributed by atoms with van der Waals surface area (Å²) in [7, 11) is 0. The Hall–Kier alpha value is -2.18. The number of rotatable bonds is 6. The van der Waals surface area contributed by atoms with Gasteiger partial charge in [0.15, 0.2) is 0 Å². The maximum absolute atomic E-state index is 13.9. The van der Waals surface area contributed by atoms with Gasteiger partial charge in [0.2, 0.25) is 5.91 Å². The van der Waals surface area contributed by atoms with E-state index in [2.05, 4.69) is 10.6 Å². The molecule has 7 heteroatoms. The molecule has 1 aromatic rings. The Bertz CT molecular complexity index is 609. The van der Waals surface area contributed by atoms with Crippen molar-refractivity contribution in [3.63, 3.8) is 0 Å². The largest absolute Gasteiger partial charge is 0.341 e. The highest BCUT2D eigenvalue weighted by Crippen LogP contribution is 2.21. The summed E-state index contributed by atoms with van der Waals surface area (Å²) in [6, 6.07) is 1.86. The average Bonchev–Trinajstić information content (AvgIpc) is 2.92. The van der Waals surface area contributed by atoms with Gasteiger partial charge < -0.3 is 15.5 Å². The first kappa shape index (κ1) is 18.2. The first-order valence-electron chi connectivity index (χ1n) is 8.20. The van der Waals surface area contributed by atoms with Gasteiger partial charge in [0.05, 0.1) is 6.04 Å². The minimum atomic E-state index is -0.624. The van der Waals surface area contributed by atoms with E-state index in [1.807, 2.05) is 0 Å². The number of hydrogen-bond donors (Lipinski definition) is 2. The maximum atomic E-state index is 13.9. The number of halogens is 2. The summed E-state index contributed by atoms with van der Waals surface area (Å²) in [6.45, 7) is 4.73. The summed E-state index contributed by atoms with van der Waals surface area (Å²) in [6.07, 6.45) is 1.82. The molecule has 3 amide bonds. The molecule has 0 saturated carbocycles. The molecule has 1 heterocycles. The zero-order valence-corrected chi connectivity index (χ0v) is 13.9. The highest BCUT2D eigenvalue weighted by Gasteiger charge is 2.23. The molecule has 2 rings (SSSR count). The highest BCUT2D eigenvalue weighted by atomic mass is 19.1. The minimum absolute atomic E-state index is 0.0947. The van der Waals surface area contributed by atoms with Crippen molar-refractivity contribution in [2.45, 2.75) is 45.2 Å². The molecule has 1 fully saturated rings. The molecular formula is C17H23F2N3O2. The van der Waals surface area contributed by atoms with Crippen LogP contribution in [0.5, 0.6) is 0 Å². The fraction of sp³-hybridized carbons (Fsp3) is 0.529. The Labute approximate surface area is 140 Å². The van der Waals surface area contributed by atoms with Gasteiger partial charge in [0, 0.05) is 31.1 Å². The second kappa shape index (κ2) is 8.08. The van der Waals surface area contributed by atoms with Crippen LogP contribution in [0.25, 0.3) is 0 Å². The molecule has 2 N–H and O–H groups in total. The first-order valence-corrected chi connectivity index (χ1v) is 8.20. The van der Waals surface area contributed by atoms with Crippen molar-refractivity contribution in [1.29, 1.82) is 0 Å². The van der Waals surface area contributed by atoms with E-state index >= 15 is 0 Å². The van der Waals surface area contributed by atoms with Gasteiger partial charge in [0.1, 0.15) is 11.6 Å². The number of urea groups is 1. The van der Waals surface area contributed by atoms with Crippen LogP contribution in [-0.4, -0.2) is 36.0 Å². The minimum Gasteiger partial charge on any atom is -0.341 e. The van der Waals surface area contributed by atoms with E-state index in [0.29, 0.717) is 25.9 Å². The van der Waals surface area contributed by atoms with Gasteiger partial charge in [-0.2, -0.15) is 0 Å². The lowest BCUT2D eigenvalue weighted by Gasteiger charge is -2.24.